The van der Waals surface area contributed by atoms with Crippen molar-refractivity contribution >= 4 is 33.3 Å². The number of carbonyl (C=O) groups excluding carboxylic acids is 2. The van der Waals surface area contributed by atoms with E-state index in [9.17, 15) is 18.0 Å². The monoisotopic (exact) mass is 464 g/mol. The molecule has 0 aromatic heterocycles. The number of amides is 1. The fourth-order valence-corrected chi connectivity index (χ4v) is 4.02. The molecule has 174 valence electrons. The first-order chi connectivity index (χ1) is 15.1. The summed E-state index contributed by atoms with van der Waals surface area (Å²) < 4.78 is 40.9. The van der Waals surface area contributed by atoms with Crippen molar-refractivity contribution < 1.29 is 32.2 Å². The number of nitrogens with one attached hydrogen (secondary N) is 1. The first kappa shape index (κ1) is 25.0. The minimum absolute atomic E-state index is 0.0346. The highest BCUT2D eigenvalue weighted by Crippen LogP contribution is 2.34. The predicted octanol–water partition coefficient (Wildman–Crippen LogP) is 2.98. The third kappa shape index (κ3) is 6.36. The van der Waals surface area contributed by atoms with E-state index >= 15 is 0 Å². The maximum atomic E-state index is 12.5. The Bertz CT molecular complexity index is 1070. The predicted molar refractivity (Wildman–Crippen MR) is 122 cm³/mol. The lowest BCUT2D eigenvalue weighted by molar-refractivity contribution is -0.116. The molecule has 2 rings (SSSR count). The van der Waals surface area contributed by atoms with Gasteiger partial charge in [-0.2, -0.15) is 0 Å². The van der Waals surface area contributed by atoms with Crippen molar-refractivity contribution in [1.82, 2.24) is 0 Å². The van der Waals surface area contributed by atoms with Crippen LogP contribution in [0.5, 0.6) is 11.5 Å². The van der Waals surface area contributed by atoms with Gasteiger partial charge in [0.15, 0.2) is 11.5 Å². The average Bonchev–Trinajstić information content (AvgIpc) is 2.75. The Morgan fingerprint density at radius 2 is 1.59 bits per heavy atom. The summed E-state index contributed by atoms with van der Waals surface area (Å²) in [6, 6.07) is 9.99. The molecule has 32 heavy (non-hydrogen) atoms. The zero-order chi connectivity index (χ0) is 23.9. The quantitative estimate of drug-likeness (QED) is 0.538. The van der Waals surface area contributed by atoms with Crippen molar-refractivity contribution in [3.63, 3.8) is 0 Å². The number of hydrogen-bond donors (Lipinski definition) is 1. The molecule has 0 aliphatic heterocycles. The zero-order valence-electron chi connectivity index (χ0n) is 18.8. The number of rotatable bonds is 10. The van der Waals surface area contributed by atoms with Crippen molar-refractivity contribution in [1.29, 1.82) is 0 Å². The van der Waals surface area contributed by atoms with Crippen LogP contribution in [0.2, 0.25) is 0 Å². The van der Waals surface area contributed by atoms with Gasteiger partial charge in [-0.25, -0.2) is 13.2 Å². The molecule has 0 heterocycles. The summed E-state index contributed by atoms with van der Waals surface area (Å²) in [5, 5.41) is 2.67. The molecule has 0 fully saturated rings. The van der Waals surface area contributed by atoms with Crippen LogP contribution >= 0.6 is 0 Å². The number of aryl methyl sites for hydroxylation is 1. The molecule has 2 aromatic carbocycles. The van der Waals surface area contributed by atoms with Crippen molar-refractivity contribution in [3.8, 4) is 11.5 Å². The number of ether oxygens (including phenoxy) is 3. The van der Waals surface area contributed by atoms with Crippen molar-refractivity contribution in [2.24, 2.45) is 0 Å². The summed E-state index contributed by atoms with van der Waals surface area (Å²) >= 11 is 0. The third-order valence-corrected chi connectivity index (χ3v) is 5.88. The molecule has 0 aliphatic rings. The topological polar surface area (TPSA) is 111 Å². The van der Waals surface area contributed by atoms with Crippen LogP contribution in [0.1, 0.15) is 28.8 Å². The Hall–Kier alpha value is -3.27. The lowest BCUT2D eigenvalue weighted by atomic mass is 10.1. The number of nitrogens with zero attached hydrogens (tertiary/aromatic N) is 1. The number of esters is 1. The Morgan fingerprint density at radius 1 is 1.00 bits per heavy atom. The summed E-state index contributed by atoms with van der Waals surface area (Å²) in [6.45, 7) is 2.04. The molecule has 0 unspecified atom stereocenters. The molecule has 0 bridgehead atoms. The van der Waals surface area contributed by atoms with Gasteiger partial charge < -0.3 is 19.5 Å². The number of hydrogen-bond acceptors (Lipinski definition) is 7. The number of sulfonamides is 1. The lowest BCUT2D eigenvalue weighted by Gasteiger charge is -2.22. The van der Waals surface area contributed by atoms with Gasteiger partial charge in [0.1, 0.15) is 0 Å². The van der Waals surface area contributed by atoms with Crippen LogP contribution in [-0.2, 0) is 19.6 Å². The number of anilines is 2. The van der Waals surface area contributed by atoms with Gasteiger partial charge in [-0.1, -0.05) is 17.7 Å². The smallest absolute Gasteiger partial charge is 0.340 e. The van der Waals surface area contributed by atoms with Gasteiger partial charge in [0.05, 0.1) is 44.5 Å². The molecule has 0 aliphatic carbocycles. The van der Waals surface area contributed by atoms with E-state index in [1.165, 1.54) is 37.8 Å². The molecule has 2 aromatic rings. The van der Waals surface area contributed by atoms with Crippen LogP contribution in [0.4, 0.5) is 11.4 Å². The van der Waals surface area contributed by atoms with Crippen molar-refractivity contribution in [2.75, 3.05) is 43.8 Å². The van der Waals surface area contributed by atoms with Crippen molar-refractivity contribution in [2.45, 2.75) is 19.8 Å². The first-order valence-electron chi connectivity index (χ1n) is 9.79. The van der Waals surface area contributed by atoms with Gasteiger partial charge in [-0.15, -0.1) is 0 Å². The molecular weight excluding hydrogens is 436 g/mol. The second kappa shape index (κ2) is 10.9. The Labute approximate surface area is 188 Å². The number of methoxy groups -OCH3 is 3. The van der Waals surface area contributed by atoms with Crippen LogP contribution < -0.4 is 19.1 Å². The molecule has 0 saturated carbocycles. The molecular formula is C22H28N2O7S. The highest BCUT2D eigenvalue weighted by Gasteiger charge is 2.20. The second-order valence-electron chi connectivity index (χ2n) is 7.07. The summed E-state index contributed by atoms with van der Waals surface area (Å²) in [6.07, 6.45) is 1.43. The van der Waals surface area contributed by atoms with Crippen LogP contribution in [0.3, 0.4) is 0 Å². The summed E-state index contributed by atoms with van der Waals surface area (Å²) in [5.41, 5.74) is 1.86. The van der Waals surface area contributed by atoms with E-state index in [1.807, 2.05) is 19.1 Å². The summed E-state index contributed by atoms with van der Waals surface area (Å²) in [5.74, 6) is -0.394. The fraction of sp³-hybridized carbons (Fsp3) is 0.364. The second-order valence-corrected chi connectivity index (χ2v) is 8.97. The summed E-state index contributed by atoms with van der Waals surface area (Å²) in [7, 11) is 0.582. The van der Waals surface area contributed by atoms with E-state index in [0.29, 0.717) is 17.2 Å². The van der Waals surface area contributed by atoms with Gasteiger partial charge in [0, 0.05) is 25.1 Å². The molecule has 0 spiro atoms. The normalized spacial score (nSPS) is 10.9. The van der Waals surface area contributed by atoms with Crippen LogP contribution in [0.25, 0.3) is 0 Å². The number of benzene rings is 2. The van der Waals surface area contributed by atoms with E-state index < -0.39 is 16.0 Å². The molecule has 0 saturated heterocycles. The van der Waals surface area contributed by atoms with E-state index in [2.05, 4.69) is 5.32 Å². The van der Waals surface area contributed by atoms with Crippen molar-refractivity contribution in [3.05, 3.63) is 47.5 Å². The van der Waals surface area contributed by atoms with E-state index in [1.54, 1.807) is 12.1 Å². The highest BCUT2D eigenvalue weighted by atomic mass is 32.2. The molecule has 1 N–H and O–H groups in total. The average molecular weight is 465 g/mol. The van der Waals surface area contributed by atoms with Crippen LogP contribution in [-0.4, -0.2) is 54.4 Å². The van der Waals surface area contributed by atoms with Gasteiger partial charge in [0.25, 0.3) is 0 Å². The lowest BCUT2D eigenvalue weighted by Crippen LogP contribution is -2.31. The maximum absolute atomic E-state index is 12.5. The molecule has 0 radical (unpaired) electrons. The fourth-order valence-electron chi connectivity index (χ4n) is 3.05. The summed E-state index contributed by atoms with van der Waals surface area (Å²) in [4.78, 5) is 24.7. The highest BCUT2D eigenvalue weighted by molar-refractivity contribution is 7.92. The Kier molecular flexibility index (Phi) is 8.48. The van der Waals surface area contributed by atoms with Crippen LogP contribution in [0.15, 0.2) is 36.4 Å². The minimum atomic E-state index is -3.52. The molecule has 0 atom stereocenters. The maximum Gasteiger partial charge on any atom is 0.340 e. The van der Waals surface area contributed by atoms with Gasteiger partial charge in [0.2, 0.25) is 15.9 Å². The zero-order valence-corrected chi connectivity index (χ0v) is 19.6. The van der Waals surface area contributed by atoms with Gasteiger partial charge in [-0.05, 0) is 25.5 Å². The molecule has 9 nitrogen and oxygen atoms in total. The molecule has 1 amide bonds. The molecule has 10 heteroatoms. The Morgan fingerprint density at radius 3 is 2.12 bits per heavy atom. The largest absolute Gasteiger partial charge is 0.493 e. The first-order valence-corrected chi connectivity index (χ1v) is 11.6. The Balaban J connectivity index is 2.13. The number of carbonyl (C=O) groups is 2. The van der Waals surface area contributed by atoms with Gasteiger partial charge in [-0.3, -0.25) is 9.10 Å². The van der Waals surface area contributed by atoms with E-state index in [-0.39, 0.29) is 36.5 Å². The van der Waals surface area contributed by atoms with Crippen LogP contribution in [0, 0.1) is 6.92 Å². The van der Waals surface area contributed by atoms with Gasteiger partial charge >= 0.3 is 5.97 Å². The standard InChI is InChI=1S/C22H28N2O7S/c1-15-8-10-16(11-9-15)24(32(5,27)28)12-6-7-21(25)23-18-14-20(30-3)19(29-2)13-17(18)22(26)31-4/h8-11,13-14H,6-7,12H2,1-5H3,(H,23,25). The van der Waals surface area contributed by atoms with E-state index in [0.717, 1.165) is 11.8 Å². The SMILES string of the molecule is COC(=O)c1cc(OC)c(OC)cc1NC(=O)CCCN(c1ccc(C)cc1)S(C)(=O)=O. The third-order valence-electron chi connectivity index (χ3n) is 4.69. The van der Waals surface area contributed by atoms with E-state index in [4.69, 9.17) is 14.2 Å². The minimum Gasteiger partial charge on any atom is -0.493 e.